The van der Waals surface area contributed by atoms with Crippen molar-refractivity contribution in [2.24, 2.45) is 12.8 Å². The number of aromatic nitrogens is 3. The molecule has 0 saturated heterocycles. The van der Waals surface area contributed by atoms with E-state index in [-0.39, 0.29) is 0 Å². The van der Waals surface area contributed by atoms with Crippen molar-refractivity contribution in [2.75, 3.05) is 0 Å². The highest BCUT2D eigenvalue weighted by atomic mass is 15.1. The fraction of sp³-hybridized carbons (Fsp3) is 0.571. The Morgan fingerprint density at radius 2 is 2.11 bits per heavy atom. The monoisotopic (exact) mass is 246 g/mol. The van der Waals surface area contributed by atoms with E-state index < -0.39 is 0 Å². The van der Waals surface area contributed by atoms with Gasteiger partial charge in [-0.25, -0.2) is 4.98 Å². The van der Waals surface area contributed by atoms with Crippen LogP contribution < -0.4 is 5.73 Å². The van der Waals surface area contributed by atoms with Crippen molar-refractivity contribution in [3.63, 3.8) is 0 Å². The molecule has 2 heterocycles. The molecule has 2 unspecified atom stereocenters. The van der Waals surface area contributed by atoms with E-state index in [4.69, 9.17) is 5.73 Å². The van der Waals surface area contributed by atoms with E-state index >= 15 is 0 Å². The first-order valence-electron chi connectivity index (χ1n) is 6.61. The van der Waals surface area contributed by atoms with Crippen LogP contribution in [0, 0.1) is 0 Å². The standard InChI is InChI=1S/C14H22N4/c1-10(5-4-6-11(2)15)14-17-12-9-16-8-7-13(12)18(14)3/h7-11H,4-6,15H2,1-3H3. The van der Waals surface area contributed by atoms with Crippen LogP contribution in [0.2, 0.25) is 0 Å². The Balaban J connectivity index is 2.12. The molecule has 0 aliphatic rings. The van der Waals surface area contributed by atoms with Crippen LogP contribution >= 0.6 is 0 Å². The normalized spacial score (nSPS) is 14.9. The molecule has 0 fully saturated rings. The summed E-state index contributed by atoms with van der Waals surface area (Å²) < 4.78 is 2.17. The summed E-state index contributed by atoms with van der Waals surface area (Å²) in [6, 6.07) is 2.31. The van der Waals surface area contributed by atoms with Gasteiger partial charge in [-0.05, 0) is 25.8 Å². The Labute approximate surface area is 108 Å². The van der Waals surface area contributed by atoms with Crippen molar-refractivity contribution >= 4 is 11.0 Å². The SMILES string of the molecule is CC(N)CCCC(C)c1nc2cnccc2n1C. The first kappa shape index (κ1) is 13.0. The minimum atomic E-state index is 0.293. The lowest BCUT2D eigenvalue weighted by Crippen LogP contribution is -2.14. The van der Waals surface area contributed by atoms with Crippen LogP contribution in [0.1, 0.15) is 44.9 Å². The fourth-order valence-corrected chi connectivity index (χ4v) is 2.39. The molecule has 18 heavy (non-hydrogen) atoms. The molecule has 4 nitrogen and oxygen atoms in total. The minimum absolute atomic E-state index is 0.293. The zero-order valence-corrected chi connectivity index (χ0v) is 11.4. The number of rotatable bonds is 5. The number of imidazole rings is 1. The van der Waals surface area contributed by atoms with Gasteiger partial charge in [0.15, 0.2) is 0 Å². The molecule has 0 radical (unpaired) electrons. The molecule has 0 spiro atoms. The zero-order chi connectivity index (χ0) is 13.1. The van der Waals surface area contributed by atoms with Crippen molar-refractivity contribution < 1.29 is 0 Å². The molecule has 2 aromatic rings. The second-order valence-electron chi connectivity index (χ2n) is 5.20. The molecule has 0 amide bonds. The Morgan fingerprint density at radius 1 is 1.33 bits per heavy atom. The highest BCUT2D eigenvalue weighted by Gasteiger charge is 2.14. The van der Waals surface area contributed by atoms with Crippen LogP contribution in [0.4, 0.5) is 0 Å². The van der Waals surface area contributed by atoms with Crippen molar-refractivity contribution in [1.82, 2.24) is 14.5 Å². The first-order valence-corrected chi connectivity index (χ1v) is 6.61. The number of aryl methyl sites for hydroxylation is 1. The fourth-order valence-electron chi connectivity index (χ4n) is 2.39. The number of pyridine rings is 1. The van der Waals surface area contributed by atoms with E-state index in [1.807, 2.05) is 18.5 Å². The topological polar surface area (TPSA) is 56.7 Å². The van der Waals surface area contributed by atoms with Gasteiger partial charge in [0.1, 0.15) is 11.3 Å². The van der Waals surface area contributed by atoms with Gasteiger partial charge in [-0.3, -0.25) is 4.98 Å². The molecule has 2 rings (SSSR count). The number of nitrogens with zero attached hydrogens (tertiary/aromatic N) is 3. The van der Waals surface area contributed by atoms with Crippen LogP contribution in [0.15, 0.2) is 18.5 Å². The summed E-state index contributed by atoms with van der Waals surface area (Å²) in [6.45, 7) is 4.29. The number of fused-ring (bicyclic) bond motifs is 1. The van der Waals surface area contributed by atoms with Crippen LogP contribution in [0.25, 0.3) is 11.0 Å². The minimum Gasteiger partial charge on any atom is -0.331 e. The maximum atomic E-state index is 5.78. The Bertz CT molecular complexity index is 515. The molecular weight excluding hydrogens is 224 g/mol. The van der Waals surface area contributed by atoms with Gasteiger partial charge >= 0.3 is 0 Å². The predicted octanol–water partition coefficient (Wildman–Crippen LogP) is 2.59. The Morgan fingerprint density at radius 3 is 2.78 bits per heavy atom. The summed E-state index contributed by atoms with van der Waals surface area (Å²) in [6.07, 6.45) is 7.00. The van der Waals surface area contributed by atoms with E-state index in [0.29, 0.717) is 12.0 Å². The quantitative estimate of drug-likeness (QED) is 0.882. The number of hydrogen-bond acceptors (Lipinski definition) is 3. The van der Waals surface area contributed by atoms with Crippen molar-refractivity contribution in [3.05, 3.63) is 24.3 Å². The lowest BCUT2D eigenvalue weighted by Gasteiger charge is -2.12. The molecule has 2 N–H and O–H groups in total. The van der Waals surface area contributed by atoms with Gasteiger partial charge in [0.05, 0.1) is 11.7 Å². The Kier molecular flexibility index (Phi) is 3.97. The third-order valence-corrected chi connectivity index (χ3v) is 3.46. The smallest absolute Gasteiger partial charge is 0.112 e. The van der Waals surface area contributed by atoms with E-state index in [9.17, 15) is 0 Å². The van der Waals surface area contributed by atoms with Gasteiger partial charge in [-0.15, -0.1) is 0 Å². The predicted molar refractivity (Wildman–Crippen MR) is 74.4 cm³/mol. The third-order valence-electron chi connectivity index (χ3n) is 3.46. The van der Waals surface area contributed by atoms with Gasteiger partial charge in [0.25, 0.3) is 0 Å². The van der Waals surface area contributed by atoms with Crippen molar-refractivity contribution in [1.29, 1.82) is 0 Å². The summed E-state index contributed by atoms with van der Waals surface area (Å²) in [4.78, 5) is 8.80. The maximum absolute atomic E-state index is 5.78. The molecule has 0 saturated carbocycles. The first-order chi connectivity index (χ1) is 8.59. The molecule has 0 bridgehead atoms. The highest BCUT2D eigenvalue weighted by molar-refractivity contribution is 5.74. The maximum Gasteiger partial charge on any atom is 0.112 e. The summed E-state index contributed by atoms with van der Waals surface area (Å²) in [5.74, 6) is 1.60. The average molecular weight is 246 g/mol. The molecule has 2 aromatic heterocycles. The second-order valence-corrected chi connectivity index (χ2v) is 5.20. The summed E-state index contributed by atoms with van der Waals surface area (Å²) in [5.41, 5.74) is 7.91. The molecule has 0 aromatic carbocycles. The summed E-state index contributed by atoms with van der Waals surface area (Å²) in [7, 11) is 2.08. The third kappa shape index (κ3) is 2.70. The molecule has 4 heteroatoms. The van der Waals surface area contributed by atoms with Crippen molar-refractivity contribution in [3.8, 4) is 0 Å². The van der Waals surface area contributed by atoms with Crippen LogP contribution in [0.3, 0.4) is 0 Å². The summed E-state index contributed by atoms with van der Waals surface area (Å²) in [5, 5.41) is 0. The highest BCUT2D eigenvalue weighted by Crippen LogP contribution is 2.24. The number of hydrogen-bond donors (Lipinski definition) is 1. The second kappa shape index (κ2) is 5.48. The lowest BCUT2D eigenvalue weighted by molar-refractivity contribution is 0.535. The molecule has 0 aliphatic heterocycles. The molecular formula is C14H22N4. The van der Waals surface area contributed by atoms with Gasteiger partial charge in [0, 0.05) is 25.2 Å². The van der Waals surface area contributed by atoms with Gasteiger partial charge in [0.2, 0.25) is 0 Å². The summed E-state index contributed by atoms with van der Waals surface area (Å²) >= 11 is 0. The largest absolute Gasteiger partial charge is 0.331 e. The van der Waals surface area contributed by atoms with E-state index in [2.05, 4.69) is 35.4 Å². The van der Waals surface area contributed by atoms with Crippen molar-refractivity contribution in [2.45, 2.75) is 45.1 Å². The van der Waals surface area contributed by atoms with E-state index in [0.717, 1.165) is 36.1 Å². The molecule has 2 atom stereocenters. The van der Waals surface area contributed by atoms with Gasteiger partial charge in [-0.1, -0.05) is 13.3 Å². The van der Waals surface area contributed by atoms with E-state index in [1.165, 1.54) is 0 Å². The van der Waals surface area contributed by atoms with Crippen LogP contribution in [-0.4, -0.2) is 20.6 Å². The van der Waals surface area contributed by atoms with Crippen LogP contribution in [-0.2, 0) is 7.05 Å². The average Bonchev–Trinajstić information content (AvgIpc) is 2.67. The van der Waals surface area contributed by atoms with Gasteiger partial charge < -0.3 is 10.3 Å². The Hall–Kier alpha value is -1.42. The van der Waals surface area contributed by atoms with Gasteiger partial charge in [-0.2, -0.15) is 0 Å². The zero-order valence-electron chi connectivity index (χ0n) is 11.4. The lowest BCUT2D eigenvalue weighted by atomic mass is 10.0. The number of nitrogens with two attached hydrogens (primary N) is 1. The molecule has 98 valence electrons. The molecule has 0 aliphatic carbocycles. The van der Waals surface area contributed by atoms with E-state index in [1.54, 1.807) is 0 Å². The van der Waals surface area contributed by atoms with Crippen LogP contribution in [0.5, 0.6) is 0 Å².